The number of hydrogen-bond acceptors (Lipinski definition) is 3. The van der Waals surface area contributed by atoms with Crippen molar-refractivity contribution >= 4 is 6.09 Å². The van der Waals surface area contributed by atoms with E-state index in [1.807, 2.05) is 20.8 Å². The lowest BCUT2D eigenvalue weighted by Gasteiger charge is -2.20. The van der Waals surface area contributed by atoms with Crippen molar-refractivity contribution in [2.24, 2.45) is 0 Å². The number of ether oxygens (including phenoxy) is 1. The molecule has 2 fully saturated rings. The maximum atomic E-state index is 11.5. The van der Waals surface area contributed by atoms with Crippen LogP contribution in [0.25, 0.3) is 0 Å². The summed E-state index contributed by atoms with van der Waals surface area (Å²) in [4.78, 5) is 14.0. The van der Waals surface area contributed by atoms with Crippen LogP contribution in [0.4, 0.5) is 4.79 Å². The van der Waals surface area contributed by atoms with Gasteiger partial charge in [-0.3, -0.25) is 4.90 Å². The van der Waals surface area contributed by atoms with Crippen LogP contribution < -0.4 is 5.32 Å². The lowest BCUT2D eigenvalue weighted by atomic mass is 10.2. The molecule has 1 saturated carbocycles. The summed E-state index contributed by atoms with van der Waals surface area (Å²) in [6.07, 6.45) is 3.41. The Labute approximate surface area is 97.3 Å². The number of carbonyl (C=O) groups is 1. The van der Waals surface area contributed by atoms with Gasteiger partial charge in [0, 0.05) is 12.1 Å². The van der Waals surface area contributed by atoms with Crippen molar-refractivity contribution in [3.05, 3.63) is 0 Å². The van der Waals surface area contributed by atoms with Gasteiger partial charge in [-0.25, -0.2) is 4.79 Å². The fourth-order valence-corrected chi connectivity index (χ4v) is 2.27. The number of alkyl carbamates (subject to hydrolysis) is 1. The zero-order valence-electron chi connectivity index (χ0n) is 10.5. The molecule has 1 aliphatic heterocycles. The summed E-state index contributed by atoms with van der Waals surface area (Å²) in [5.41, 5.74) is -0.401. The molecule has 0 aromatic carbocycles. The lowest BCUT2D eigenvalue weighted by Crippen LogP contribution is -2.37. The van der Waals surface area contributed by atoms with Crippen LogP contribution in [-0.4, -0.2) is 41.8 Å². The molecule has 2 atom stereocenters. The third-order valence-corrected chi connectivity index (χ3v) is 3.07. The van der Waals surface area contributed by atoms with E-state index < -0.39 is 5.60 Å². The summed E-state index contributed by atoms with van der Waals surface area (Å²) >= 11 is 0. The molecule has 1 heterocycles. The molecule has 1 N–H and O–H groups in total. The first-order valence-electron chi connectivity index (χ1n) is 6.19. The standard InChI is InChI=1S/C12H22N2O2/c1-12(2,3)16-11(15)13-9-8-10(9)14-6-4-5-7-14/h9-10H,4-8H2,1-3H3,(H,13,15). The maximum Gasteiger partial charge on any atom is 0.407 e. The summed E-state index contributed by atoms with van der Waals surface area (Å²) < 4.78 is 5.23. The molecule has 4 heteroatoms. The van der Waals surface area contributed by atoms with E-state index in [0.29, 0.717) is 12.1 Å². The van der Waals surface area contributed by atoms with Crippen LogP contribution in [0.2, 0.25) is 0 Å². The average Bonchev–Trinajstić information content (AvgIpc) is 2.70. The van der Waals surface area contributed by atoms with Crippen molar-refractivity contribution in [1.82, 2.24) is 10.2 Å². The highest BCUT2D eigenvalue weighted by Gasteiger charge is 2.43. The predicted octanol–water partition coefficient (Wildman–Crippen LogP) is 1.75. The third kappa shape index (κ3) is 3.11. The zero-order valence-corrected chi connectivity index (χ0v) is 10.5. The Kier molecular flexibility index (Phi) is 3.10. The molecule has 1 amide bonds. The van der Waals surface area contributed by atoms with Gasteiger partial charge in [-0.1, -0.05) is 0 Å². The van der Waals surface area contributed by atoms with Gasteiger partial charge in [-0.05, 0) is 53.1 Å². The second-order valence-electron chi connectivity index (χ2n) is 5.80. The van der Waals surface area contributed by atoms with Crippen LogP contribution in [-0.2, 0) is 4.74 Å². The molecule has 1 aliphatic carbocycles. The second-order valence-corrected chi connectivity index (χ2v) is 5.80. The Hall–Kier alpha value is -0.770. The van der Waals surface area contributed by atoms with Gasteiger partial charge in [0.25, 0.3) is 0 Å². The van der Waals surface area contributed by atoms with Crippen molar-refractivity contribution in [2.75, 3.05) is 13.1 Å². The highest BCUT2D eigenvalue weighted by Crippen LogP contribution is 2.31. The van der Waals surface area contributed by atoms with E-state index in [0.717, 1.165) is 6.42 Å². The van der Waals surface area contributed by atoms with Crippen molar-refractivity contribution in [3.8, 4) is 0 Å². The van der Waals surface area contributed by atoms with Gasteiger partial charge in [-0.2, -0.15) is 0 Å². The third-order valence-electron chi connectivity index (χ3n) is 3.07. The Morgan fingerprint density at radius 3 is 2.50 bits per heavy atom. The molecule has 2 unspecified atom stereocenters. The second kappa shape index (κ2) is 4.24. The number of carbonyl (C=O) groups excluding carboxylic acids is 1. The molecule has 1 saturated heterocycles. The van der Waals surface area contributed by atoms with Crippen LogP contribution in [0.5, 0.6) is 0 Å². The summed E-state index contributed by atoms with van der Waals surface area (Å²) in [6.45, 7) is 8.04. The molecule has 2 rings (SSSR count). The summed E-state index contributed by atoms with van der Waals surface area (Å²) in [7, 11) is 0. The van der Waals surface area contributed by atoms with Gasteiger partial charge in [-0.15, -0.1) is 0 Å². The highest BCUT2D eigenvalue weighted by atomic mass is 16.6. The Balaban J connectivity index is 1.70. The lowest BCUT2D eigenvalue weighted by molar-refractivity contribution is 0.0518. The maximum absolute atomic E-state index is 11.5. The van der Waals surface area contributed by atoms with Gasteiger partial charge < -0.3 is 10.1 Å². The van der Waals surface area contributed by atoms with E-state index in [4.69, 9.17) is 4.74 Å². The number of nitrogens with zero attached hydrogens (tertiary/aromatic N) is 1. The molecule has 0 radical (unpaired) electrons. The summed E-state index contributed by atoms with van der Waals surface area (Å²) in [5, 5.41) is 2.93. The van der Waals surface area contributed by atoms with Gasteiger partial charge in [0.1, 0.15) is 5.60 Å². The number of amides is 1. The summed E-state index contributed by atoms with van der Waals surface area (Å²) in [6, 6.07) is 0.878. The van der Waals surface area contributed by atoms with Crippen LogP contribution >= 0.6 is 0 Å². The SMILES string of the molecule is CC(C)(C)OC(=O)NC1CC1N1CCCC1. The van der Waals surface area contributed by atoms with Gasteiger partial charge >= 0.3 is 6.09 Å². The van der Waals surface area contributed by atoms with E-state index in [1.165, 1.54) is 25.9 Å². The fourth-order valence-electron chi connectivity index (χ4n) is 2.27. The highest BCUT2D eigenvalue weighted by molar-refractivity contribution is 5.68. The largest absolute Gasteiger partial charge is 0.444 e. The van der Waals surface area contributed by atoms with E-state index >= 15 is 0 Å². The van der Waals surface area contributed by atoms with Crippen LogP contribution in [0.15, 0.2) is 0 Å². The molecule has 92 valence electrons. The van der Waals surface area contributed by atoms with Crippen LogP contribution in [0.1, 0.15) is 40.0 Å². The van der Waals surface area contributed by atoms with Crippen molar-refractivity contribution in [3.63, 3.8) is 0 Å². The topological polar surface area (TPSA) is 41.6 Å². The molecule has 4 nitrogen and oxygen atoms in total. The first kappa shape index (κ1) is 11.7. The van der Waals surface area contributed by atoms with Gasteiger partial charge in [0.15, 0.2) is 0 Å². The average molecular weight is 226 g/mol. The molecule has 16 heavy (non-hydrogen) atoms. The Morgan fingerprint density at radius 1 is 1.31 bits per heavy atom. The number of rotatable bonds is 2. The molecule has 0 spiro atoms. The van der Waals surface area contributed by atoms with E-state index in [-0.39, 0.29) is 6.09 Å². The van der Waals surface area contributed by atoms with E-state index in [1.54, 1.807) is 0 Å². The van der Waals surface area contributed by atoms with Crippen LogP contribution in [0, 0.1) is 0 Å². The van der Waals surface area contributed by atoms with E-state index in [2.05, 4.69) is 10.2 Å². The predicted molar refractivity (Wildman–Crippen MR) is 62.4 cm³/mol. The van der Waals surface area contributed by atoms with Crippen molar-refractivity contribution < 1.29 is 9.53 Å². The molecule has 0 aromatic rings. The molecular weight excluding hydrogens is 204 g/mol. The molecular formula is C12H22N2O2. The quantitative estimate of drug-likeness (QED) is 0.780. The van der Waals surface area contributed by atoms with Gasteiger partial charge in [0.05, 0.1) is 0 Å². The van der Waals surface area contributed by atoms with Crippen molar-refractivity contribution in [1.29, 1.82) is 0 Å². The molecule has 0 bridgehead atoms. The number of likely N-dealkylation sites (tertiary alicyclic amines) is 1. The zero-order chi connectivity index (χ0) is 11.8. The minimum Gasteiger partial charge on any atom is -0.444 e. The smallest absolute Gasteiger partial charge is 0.407 e. The Morgan fingerprint density at radius 2 is 1.94 bits per heavy atom. The minimum atomic E-state index is -0.401. The summed E-state index contributed by atoms with van der Waals surface area (Å²) in [5.74, 6) is 0. The van der Waals surface area contributed by atoms with Crippen molar-refractivity contribution in [2.45, 2.75) is 57.7 Å². The monoisotopic (exact) mass is 226 g/mol. The van der Waals surface area contributed by atoms with Crippen LogP contribution in [0.3, 0.4) is 0 Å². The van der Waals surface area contributed by atoms with Gasteiger partial charge in [0.2, 0.25) is 0 Å². The minimum absolute atomic E-state index is 0.279. The first-order chi connectivity index (χ1) is 7.46. The first-order valence-corrected chi connectivity index (χ1v) is 6.19. The Bertz CT molecular complexity index is 267. The number of nitrogens with one attached hydrogen (secondary N) is 1. The molecule has 2 aliphatic rings. The normalized spacial score (nSPS) is 30.2. The molecule has 0 aromatic heterocycles. The van der Waals surface area contributed by atoms with E-state index in [9.17, 15) is 4.79 Å². The number of hydrogen-bond donors (Lipinski definition) is 1. The fraction of sp³-hybridized carbons (Fsp3) is 0.917.